The van der Waals surface area contributed by atoms with E-state index in [-0.39, 0.29) is 5.91 Å². The summed E-state index contributed by atoms with van der Waals surface area (Å²) < 4.78 is 17.3. The summed E-state index contributed by atoms with van der Waals surface area (Å²) in [6.07, 6.45) is 6.21. The van der Waals surface area contributed by atoms with Gasteiger partial charge in [0.05, 0.1) is 6.61 Å². The lowest BCUT2D eigenvalue weighted by molar-refractivity contribution is -0.125. The lowest BCUT2D eigenvalue weighted by Crippen LogP contribution is -2.34. The fraction of sp³-hybridized carbons (Fsp3) is 0.333. The van der Waals surface area contributed by atoms with Crippen LogP contribution in [0.4, 0.5) is 5.13 Å². The van der Waals surface area contributed by atoms with Crippen molar-refractivity contribution in [2.24, 2.45) is 0 Å². The van der Waals surface area contributed by atoms with Crippen LogP contribution in [0.5, 0.6) is 17.2 Å². The van der Waals surface area contributed by atoms with Gasteiger partial charge in [0.2, 0.25) is 5.91 Å². The van der Waals surface area contributed by atoms with Gasteiger partial charge in [-0.3, -0.25) is 4.79 Å². The van der Waals surface area contributed by atoms with Crippen molar-refractivity contribution in [2.45, 2.75) is 13.3 Å². The lowest BCUT2D eigenvalue weighted by atomic mass is 10.2. The Balaban J connectivity index is 1.31. The second-order valence-electron chi connectivity index (χ2n) is 7.96. The summed E-state index contributed by atoms with van der Waals surface area (Å²) >= 11 is 1.64. The number of aromatic nitrogens is 1. The molecule has 2 heterocycles. The van der Waals surface area contributed by atoms with E-state index in [4.69, 9.17) is 14.2 Å². The van der Waals surface area contributed by atoms with E-state index in [0.717, 1.165) is 42.5 Å². The SMILES string of the molecule is CCOc1cc(/C=C/C(=O)N2CCCN(c3nccs3)CC2)ccc1OCCOc1ccccc1. The molecule has 1 aromatic heterocycles. The van der Waals surface area contributed by atoms with Gasteiger partial charge < -0.3 is 24.0 Å². The van der Waals surface area contributed by atoms with Gasteiger partial charge in [-0.1, -0.05) is 24.3 Å². The number of amides is 1. The average molecular weight is 494 g/mol. The van der Waals surface area contributed by atoms with E-state index < -0.39 is 0 Å². The third kappa shape index (κ3) is 7.23. The minimum Gasteiger partial charge on any atom is -0.490 e. The molecule has 4 rings (SSSR count). The molecule has 184 valence electrons. The van der Waals surface area contributed by atoms with E-state index in [9.17, 15) is 4.79 Å². The van der Waals surface area contributed by atoms with Crippen molar-refractivity contribution in [3.8, 4) is 17.2 Å². The van der Waals surface area contributed by atoms with Crippen molar-refractivity contribution >= 4 is 28.5 Å². The largest absolute Gasteiger partial charge is 0.490 e. The zero-order valence-electron chi connectivity index (χ0n) is 20.0. The average Bonchev–Trinajstić information content (AvgIpc) is 3.31. The molecule has 0 spiro atoms. The highest BCUT2D eigenvalue weighted by Gasteiger charge is 2.19. The molecular formula is C27H31N3O4S. The zero-order valence-corrected chi connectivity index (χ0v) is 20.8. The molecular weight excluding hydrogens is 462 g/mol. The Bertz CT molecular complexity index is 1090. The number of ether oxygens (including phenoxy) is 3. The number of nitrogens with zero attached hydrogens (tertiary/aromatic N) is 3. The summed E-state index contributed by atoms with van der Waals surface area (Å²) in [5.41, 5.74) is 0.883. The molecule has 7 nitrogen and oxygen atoms in total. The molecule has 0 atom stereocenters. The van der Waals surface area contributed by atoms with Crippen LogP contribution in [-0.4, -0.2) is 61.8 Å². The molecule has 1 saturated heterocycles. The number of para-hydroxylation sites is 1. The van der Waals surface area contributed by atoms with Crippen molar-refractivity contribution in [1.82, 2.24) is 9.88 Å². The fourth-order valence-electron chi connectivity index (χ4n) is 3.82. The Morgan fingerprint density at radius 3 is 2.66 bits per heavy atom. The molecule has 1 amide bonds. The van der Waals surface area contributed by atoms with Crippen molar-refractivity contribution in [1.29, 1.82) is 0 Å². The summed E-state index contributed by atoms with van der Waals surface area (Å²) in [4.78, 5) is 21.4. The van der Waals surface area contributed by atoms with Crippen LogP contribution in [-0.2, 0) is 4.79 Å². The Morgan fingerprint density at radius 1 is 1.00 bits per heavy atom. The van der Waals surface area contributed by atoms with E-state index in [1.165, 1.54) is 0 Å². The summed E-state index contributed by atoms with van der Waals surface area (Å²) in [6, 6.07) is 15.3. The predicted molar refractivity (Wildman–Crippen MR) is 140 cm³/mol. The number of thiazole rings is 1. The van der Waals surface area contributed by atoms with Gasteiger partial charge in [-0.25, -0.2) is 4.98 Å². The van der Waals surface area contributed by atoms with Gasteiger partial charge in [0, 0.05) is 43.8 Å². The monoisotopic (exact) mass is 493 g/mol. The fourth-order valence-corrected chi connectivity index (χ4v) is 4.51. The second-order valence-corrected chi connectivity index (χ2v) is 8.84. The molecule has 1 aliphatic heterocycles. The molecule has 1 fully saturated rings. The topological polar surface area (TPSA) is 64.1 Å². The second kappa shape index (κ2) is 12.8. The van der Waals surface area contributed by atoms with Crippen LogP contribution in [0.2, 0.25) is 0 Å². The van der Waals surface area contributed by atoms with Crippen molar-refractivity contribution in [3.05, 3.63) is 71.7 Å². The van der Waals surface area contributed by atoms with Crippen molar-refractivity contribution < 1.29 is 19.0 Å². The van der Waals surface area contributed by atoms with Crippen LogP contribution in [0.1, 0.15) is 18.9 Å². The number of hydrogen-bond acceptors (Lipinski definition) is 7. The molecule has 0 N–H and O–H groups in total. The number of hydrogen-bond donors (Lipinski definition) is 0. The van der Waals surface area contributed by atoms with Gasteiger partial charge in [0.25, 0.3) is 0 Å². The first-order valence-electron chi connectivity index (χ1n) is 11.9. The predicted octanol–water partition coefficient (Wildman–Crippen LogP) is 4.75. The molecule has 8 heteroatoms. The van der Waals surface area contributed by atoms with Gasteiger partial charge in [-0.05, 0) is 49.2 Å². The highest BCUT2D eigenvalue weighted by molar-refractivity contribution is 7.13. The van der Waals surface area contributed by atoms with Crippen LogP contribution >= 0.6 is 11.3 Å². The summed E-state index contributed by atoms with van der Waals surface area (Å²) in [7, 11) is 0. The van der Waals surface area contributed by atoms with Crippen molar-refractivity contribution in [2.75, 3.05) is 50.9 Å². The zero-order chi connectivity index (χ0) is 24.3. The maximum absolute atomic E-state index is 12.8. The van der Waals surface area contributed by atoms with Gasteiger partial charge in [0.15, 0.2) is 16.6 Å². The van der Waals surface area contributed by atoms with E-state index in [0.29, 0.717) is 37.9 Å². The first kappa shape index (κ1) is 24.6. The summed E-state index contributed by atoms with van der Waals surface area (Å²) in [6.45, 7) is 6.42. The van der Waals surface area contributed by atoms with E-state index in [1.807, 2.05) is 78.0 Å². The smallest absolute Gasteiger partial charge is 0.246 e. The van der Waals surface area contributed by atoms with Crippen LogP contribution in [0, 0.1) is 0 Å². The van der Waals surface area contributed by atoms with Crippen LogP contribution in [0.15, 0.2) is 66.2 Å². The summed E-state index contributed by atoms with van der Waals surface area (Å²) in [5, 5.41) is 3.00. The molecule has 0 radical (unpaired) electrons. The third-order valence-corrected chi connectivity index (χ3v) is 6.37. The molecule has 0 unspecified atom stereocenters. The van der Waals surface area contributed by atoms with E-state index in [2.05, 4.69) is 9.88 Å². The normalized spacial score (nSPS) is 14.1. The number of carbonyl (C=O) groups excluding carboxylic acids is 1. The Labute approximate surface area is 210 Å². The highest BCUT2D eigenvalue weighted by Crippen LogP contribution is 2.29. The number of benzene rings is 2. The van der Waals surface area contributed by atoms with Crippen LogP contribution < -0.4 is 19.1 Å². The summed E-state index contributed by atoms with van der Waals surface area (Å²) in [5.74, 6) is 2.13. The maximum Gasteiger partial charge on any atom is 0.246 e. The molecule has 35 heavy (non-hydrogen) atoms. The van der Waals surface area contributed by atoms with Gasteiger partial charge in [-0.15, -0.1) is 11.3 Å². The Hall–Kier alpha value is -3.52. The standard InChI is InChI=1S/C27H31N3O4S/c1-2-32-25-21-22(9-11-24(25)34-19-18-33-23-7-4-3-5-8-23)10-12-26(31)29-14-6-15-30(17-16-29)27-28-13-20-35-27/h3-5,7-13,20-21H,2,6,14-19H2,1H3/b12-10+. The first-order chi connectivity index (χ1) is 17.2. The maximum atomic E-state index is 12.8. The van der Waals surface area contributed by atoms with E-state index in [1.54, 1.807) is 17.4 Å². The molecule has 1 aliphatic rings. The molecule has 3 aromatic rings. The lowest BCUT2D eigenvalue weighted by Gasteiger charge is -2.20. The van der Waals surface area contributed by atoms with Gasteiger partial charge in [-0.2, -0.15) is 0 Å². The molecule has 0 bridgehead atoms. The quantitative estimate of drug-likeness (QED) is 0.300. The highest BCUT2D eigenvalue weighted by atomic mass is 32.1. The van der Waals surface area contributed by atoms with Gasteiger partial charge >= 0.3 is 0 Å². The first-order valence-corrected chi connectivity index (χ1v) is 12.8. The molecule has 0 saturated carbocycles. The van der Waals surface area contributed by atoms with Crippen LogP contribution in [0.25, 0.3) is 6.08 Å². The minimum atomic E-state index is 0.0161. The Morgan fingerprint density at radius 2 is 1.86 bits per heavy atom. The van der Waals surface area contributed by atoms with Crippen molar-refractivity contribution in [3.63, 3.8) is 0 Å². The number of rotatable bonds is 10. The molecule has 2 aromatic carbocycles. The number of anilines is 1. The van der Waals surface area contributed by atoms with Gasteiger partial charge in [0.1, 0.15) is 19.0 Å². The minimum absolute atomic E-state index is 0.0161. The van der Waals surface area contributed by atoms with E-state index >= 15 is 0 Å². The van der Waals surface area contributed by atoms with Crippen LogP contribution in [0.3, 0.4) is 0 Å². The Kier molecular flexibility index (Phi) is 9.00. The number of carbonyl (C=O) groups is 1. The molecule has 0 aliphatic carbocycles. The third-order valence-electron chi connectivity index (χ3n) is 5.54.